The number of nitriles is 1. The van der Waals surface area contributed by atoms with Crippen molar-refractivity contribution in [2.45, 2.75) is 17.4 Å². The van der Waals surface area contributed by atoms with Gasteiger partial charge in [0.15, 0.2) is 9.84 Å². The zero-order valence-corrected chi connectivity index (χ0v) is 23.9. The Morgan fingerprint density at radius 1 is 0.786 bits per heavy atom. The lowest BCUT2D eigenvalue weighted by Gasteiger charge is -2.36. The first-order valence-electron chi connectivity index (χ1n) is 13.4. The third-order valence-electron chi connectivity index (χ3n) is 7.71. The van der Waals surface area contributed by atoms with E-state index < -0.39 is 15.4 Å². The minimum Gasteiger partial charge on any atom is -0.492 e. The average Bonchev–Trinajstić information content (AvgIpc) is 3.34. The van der Waals surface area contributed by atoms with Crippen LogP contribution < -0.4 is 0 Å². The topological polar surface area (TPSA) is 96.0 Å². The van der Waals surface area contributed by atoms with Crippen molar-refractivity contribution in [2.75, 3.05) is 6.26 Å². The Morgan fingerprint density at radius 2 is 1.31 bits per heavy atom. The van der Waals surface area contributed by atoms with Gasteiger partial charge < -0.3 is 5.11 Å². The minimum absolute atomic E-state index is 0.216. The van der Waals surface area contributed by atoms with E-state index in [1.54, 1.807) is 31.2 Å². The summed E-state index contributed by atoms with van der Waals surface area (Å²) in [5.74, 6) is -0.228. The van der Waals surface area contributed by atoms with Crippen LogP contribution in [0.4, 0.5) is 0 Å². The fourth-order valence-corrected chi connectivity index (χ4v) is 6.93. The van der Waals surface area contributed by atoms with Crippen LogP contribution in [0.25, 0.3) is 22.0 Å². The van der Waals surface area contributed by atoms with E-state index in [-0.39, 0.29) is 10.8 Å². The summed E-state index contributed by atoms with van der Waals surface area (Å²) in [5, 5.41) is 26.9. The molecule has 0 saturated carbocycles. The third kappa shape index (κ3) is 4.25. The van der Waals surface area contributed by atoms with Crippen LogP contribution in [0.1, 0.15) is 27.8 Å². The van der Waals surface area contributed by atoms with Gasteiger partial charge in [-0.2, -0.15) is 5.26 Å². The molecule has 0 aliphatic carbocycles. The number of hydrogen-bond acceptors (Lipinski definition) is 5. The van der Waals surface area contributed by atoms with Crippen molar-refractivity contribution in [3.05, 3.63) is 149 Å². The van der Waals surface area contributed by atoms with Crippen LogP contribution in [-0.2, 0) is 15.4 Å². The molecule has 6 rings (SSSR count). The van der Waals surface area contributed by atoms with Crippen LogP contribution >= 0.6 is 0 Å². The van der Waals surface area contributed by atoms with E-state index >= 15 is 0 Å². The molecule has 0 bridgehead atoms. The largest absolute Gasteiger partial charge is 0.492 e. The number of hydrogen-bond donors (Lipinski definition) is 1. The van der Waals surface area contributed by atoms with Gasteiger partial charge in [0.2, 0.25) is 5.88 Å². The van der Waals surface area contributed by atoms with Crippen LogP contribution in [0.5, 0.6) is 5.88 Å². The predicted octanol–water partition coefficient (Wildman–Crippen LogP) is 6.83. The van der Waals surface area contributed by atoms with E-state index in [2.05, 4.69) is 6.07 Å². The molecule has 1 heterocycles. The first-order chi connectivity index (χ1) is 20.3. The second-order valence-electron chi connectivity index (χ2n) is 10.3. The molecule has 0 fully saturated rings. The van der Waals surface area contributed by atoms with Crippen molar-refractivity contribution >= 4 is 20.7 Å². The molecule has 0 spiro atoms. The van der Waals surface area contributed by atoms with Crippen LogP contribution in [-0.4, -0.2) is 29.6 Å². The Kier molecular flexibility index (Phi) is 6.64. The summed E-state index contributed by atoms with van der Waals surface area (Å²) >= 11 is 0. The molecule has 7 heteroatoms. The number of benzene rings is 5. The normalized spacial score (nSPS) is 11.8. The van der Waals surface area contributed by atoms with Crippen LogP contribution in [0, 0.1) is 18.3 Å². The van der Waals surface area contributed by atoms with Gasteiger partial charge in [-0.1, -0.05) is 103 Å². The van der Waals surface area contributed by atoms with Crippen LogP contribution in [0.3, 0.4) is 0 Å². The van der Waals surface area contributed by atoms with E-state index in [4.69, 9.17) is 5.10 Å². The zero-order valence-electron chi connectivity index (χ0n) is 23.1. The van der Waals surface area contributed by atoms with Gasteiger partial charge in [0.05, 0.1) is 27.4 Å². The number of rotatable bonds is 6. The Bertz CT molecular complexity index is 1980. The van der Waals surface area contributed by atoms with Gasteiger partial charge in [-0.25, -0.2) is 13.1 Å². The third-order valence-corrected chi connectivity index (χ3v) is 8.96. The highest BCUT2D eigenvalue weighted by molar-refractivity contribution is 7.90. The number of aromatic nitrogens is 2. The van der Waals surface area contributed by atoms with Crippen molar-refractivity contribution in [3.63, 3.8) is 0 Å². The van der Waals surface area contributed by atoms with Crippen molar-refractivity contribution < 1.29 is 13.5 Å². The summed E-state index contributed by atoms with van der Waals surface area (Å²) in [6, 6.07) is 40.8. The molecule has 5 aromatic carbocycles. The van der Waals surface area contributed by atoms with Crippen LogP contribution in [0.15, 0.2) is 126 Å². The summed E-state index contributed by atoms with van der Waals surface area (Å²) in [7, 11) is -3.44. The van der Waals surface area contributed by atoms with Crippen molar-refractivity contribution in [2.24, 2.45) is 0 Å². The van der Waals surface area contributed by atoms with E-state index in [0.717, 1.165) is 16.7 Å². The molecular formula is C35H27N3O3S. The van der Waals surface area contributed by atoms with Gasteiger partial charge in [-0.3, -0.25) is 0 Å². The number of sulfone groups is 1. The zero-order chi connectivity index (χ0) is 29.5. The lowest BCUT2D eigenvalue weighted by molar-refractivity contribution is 0.412. The van der Waals surface area contributed by atoms with Crippen molar-refractivity contribution in [3.8, 4) is 23.1 Å². The Balaban J connectivity index is 1.75. The minimum atomic E-state index is -3.44. The second kappa shape index (κ2) is 10.3. The summed E-state index contributed by atoms with van der Waals surface area (Å²) in [6.07, 6.45) is 1.17. The molecule has 42 heavy (non-hydrogen) atoms. The SMILES string of the molecule is Cc1cc(-c2c(C#N)ccc3c2c(O)nn3C(c2ccccc2)(c2ccccc2)c2ccccc2)ccc1S(C)(=O)=O. The van der Waals surface area contributed by atoms with E-state index in [0.29, 0.717) is 33.2 Å². The smallest absolute Gasteiger partial charge is 0.239 e. The number of nitrogens with zero attached hydrogens (tertiary/aromatic N) is 3. The van der Waals surface area contributed by atoms with Gasteiger partial charge in [0.1, 0.15) is 5.54 Å². The molecule has 1 N–H and O–H groups in total. The van der Waals surface area contributed by atoms with Gasteiger partial charge in [0, 0.05) is 11.8 Å². The van der Waals surface area contributed by atoms with Crippen molar-refractivity contribution in [1.82, 2.24) is 9.78 Å². The Morgan fingerprint density at radius 3 is 1.76 bits per heavy atom. The van der Waals surface area contributed by atoms with Crippen LogP contribution in [0.2, 0.25) is 0 Å². The average molecular weight is 570 g/mol. The van der Waals surface area contributed by atoms with E-state index in [1.165, 1.54) is 6.26 Å². The Hall–Kier alpha value is -5.19. The Labute approximate surface area is 244 Å². The second-order valence-corrected chi connectivity index (χ2v) is 12.3. The monoisotopic (exact) mass is 569 g/mol. The maximum Gasteiger partial charge on any atom is 0.239 e. The maximum absolute atomic E-state index is 12.3. The molecular weight excluding hydrogens is 542 g/mol. The highest BCUT2D eigenvalue weighted by Crippen LogP contribution is 2.46. The fourth-order valence-electron chi connectivity index (χ4n) is 5.97. The highest BCUT2D eigenvalue weighted by atomic mass is 32.2. The molecule has 6 nitrogen and oxygen atoms in total. The van der Waals surface area contributed by atoms with Gasteiger partial charge in [0.25, 0.3) is 0 Å². The van der Waals surface area contributed by atoms with Gasteiger partial charge in [-0.05, 0) is 52.9 Å². The molecule has 0 saturated heterocycles. The number of aryl methyl sites for hydroxylation is 1. The predicted molar refractivity (Wildman–Crippen MR) is 164 cm³/mol. The first kappa shape index (κ1) is 27.0. The molecule has 6 aromatic rings. The lowest BCUT2D eigenvalue weighted by atomic mass is 9.77. The molecule has 0 aliphatic rings. The molecule has 0 radical (unpaired) electrons. The maximum atomic E-state index is 12.3. The van der Waals surface area contributed by atoms with E-state index in [9.17, 15) is 18.8 Å². The van der Waals surface area contributed by atoms with Crippen molar-refractivity contribution in [1.29, 1.82) is 5.26 Å². The summed E-state index contributed by atoms with van der Waals surface area (Å²) in [6.45, 7) is 1.72. The summed E-state index contributed by atoms with van der Waals surface area (Å²) < 4.78 is 26.4. The summed E-state index contributed by atoms with van der Waals surface area (Å²) in [4.78, 5) is 0.216. The molecule has 0 unspecified atom stereocenters. The quantitative estimate of drug-likeness (QED) is 0.222. The van der Waals surface area contributed by atoms with Gasteiger partial charge in [-0.15, -0.1) is 5.10 Å². The number of aromatic hydroxyl groups is 1. The molecule has 206 valence electrons. The molecule has 0 amide bonds. The molecule has 0 atom stereocenters. The molecule has 1 aromatic heterocycles. The fraction of sp³-hybridized carbons (Fsp3) is 0.0857. The first-order valence-corrected chi connectivity index (χ1v) is 15.3. The van der Waals surface area contributed by atoms with E-state index in [1.807, 2.05) is 102 Å². The number of fused-ring (bicyclic) bond motifs is 1. The molecule has 0 aliphatic heterocycles. The highest BCUT2D eigenvalue weighted by Gasteiger charge is 2.41. The van der Waals surface area contributed by atoms with Gasteiger partial charge >= 0.3 is 0 Å². The standard InChI is InChI=1S/C35H27N3O3S/c1-24-22-25(19-21-31(24)42(2,40)41)32-26(23-36)18-20-30-33(32)34(39)37-38(30)35(27-12-6-3-7-13-27,28-14-8-4-9-15-28)29-16-10-5-11-17-29/h3-22H,1-2H3,(H,37,39). The summed E-state index contributed by atoms with van der Waals surface area (Å²) in [5.41, 5.74) is 4.44. The lowest BCUT2D eigenvalue weighted by Crippen LogP contribution is -2.38.